The van der Waals surface area contributed by atoms with Gasteiger partial charge in [0.15, 0.2) is 0 Å². The number of nitrogens with zero attached hydrogens (tertiary/aromatic N) is 4. The molecule has 4 fully saturated rings. The quantitative estimate of drug-likeness (QED) is 0.296. The van der Waals surface area contributed by atoms with Gasteiger partial charge in [0.05, 0.1) is 43.3 Å². The summed E-state index contributed by atoms with van der Waals surface area (Å²) < 4.78 is 12.6. The average Bonchev–Trinajstić information content (AvgIpc) is 3.67. The zero-order chi connectivity index (χ0) is 33.1. The molecule has 0 aromatic heterocycles. The topological polar surface area (TPSA) is 103 Å². The number of aliphatic hydroxyl groups is 1. The highest BCUT2D eigenvalue weighted by Crippen LogP contribution is 2.65. The predicted octanol–water partition coefficient (Wildman–Crippen LogP) is 2.72. The van der Waals surface area contributed by atoms with Crippen molar-refractivity contribution in [1.29, 1.82) is 0 Å². The minimum Gasteiger partial charge on any atom is -0.394 e. The van der Waals surface area contributed by atoms with Gasteiger partial charge in [-0.3, -0.25) is 19.3 Å². The lowest BCUT2D eigenvalue weighted by Gasteiger charge is -2.41. The van der Waals surface area contributed by atoms with Gasteiger partial charge in [-0.05, 0) is 30.7 Å². The Bertz CT molecular complexity index is 1270. The largest absolute Gasteiger partial charge is 0.394 e. The summed E-state index contributed by atoms with van der Waals surface area (Å²) in [7, 11) is 0. The van der Waals surface area contributed by atoms with Crippen molar-refractivity contribution < 1.29 is 29.0 Å². The molecular weight excluding hydrogens is 584 g/mol. The number of rotatable bonds is 15. The molecule has 6 atom stereocenters. The van der Waals surface area contributed by atoms with E-state index in [0.717, 1.165) is 18.7 Å². The van der Waals surface area contributed by atoms with Gasteiger partial charge < -0.3 is 29.3 Å². The number of carbonyl (C=O) groups excluding carboxylic acids is 3. The molecule has 0 saturated carbocycles. The summed E-state index contributed by atoms with van der Waals surface area (Å²) in [6.45, 7) is 18.5. The highest BCUT2D eigenvalue weighted by Gasteiger charge is 2.79. The Kier molecular flexibility index (Phi) is 10.7. The van der Waals surface area contributed by atoms with Crippen molar-refractivity contribution in [2.24, 2.45) is 17.8 Å². The maximum Gasteiger partial charge on any atom is 0.248 e. The lowest BCUT2D eigenvalue weighted by molar-refractivity contribution is -0.159. The van der Waals surface area contributed by atoms with Crippen LogP contribution in [0.1, 0.15) is 45.6 Å². The van der Waals surface area contributed by atoms with Crippen LogP contribution in [0.3, 0.4) is 0 Å². The molecule has 1 aromatic carbocycles. The van der Waals surface area contributed by atoms with Crippen LogP contribution in [0.5, 0.6) is 0 Å². The number of fused-ring (bicyclic) bond motifs is 1. The number of likely N-dealkylation sites (tertiary alicyclic amines) is 1. The van der Waals surface area contributed by atoms with Gasteiger partial charge in [0.1, 0.15) is 11.6 Å². The van der Waals surface area contributed by atoms with E-state index in [4.69, 9.17) is 9.47 Å². The highest BCUT2D eigenvalue weighted by atomic mass is 16.5. The zero-order valence-electron chi connectivity index (χ0n) is 27.8. The second-order valence-electron chi connectivity index (χ2n) is 13.6. The van der Waals surface area contributed by atoms with Crippen LogP contribution in [0.15, 0.2) is 55.6 Å². The lowest BCUT2D eigenvalue weighted by Crippen LogP contribution is -2.60. The first-order valence-electron chi connectivity index (χ1n) is 16.9. The normalized spacial score (nSPS) is 29.5. The SMILES string of the molecule is C=CCN(CCN1CCOCC1)C(=O)C1N([C@@H](CO)C(C)C)C(=O)[C@@H]2[C@H](C(=O)N(CC=C)Cc3ccccc3)[C@]3(CC)CCC12O3. The van der Waals surface area contributed by atoms with Crippen molar-refractivity contribution in [3.8, 4) is 0 Å². The van der Waals surface area contributed by atoms with Crippen LogP contribution in [-0.4, -0.2) is 125 Å². The minimum absolute atomic E-state index is 0.123. The number of benzene rings is 1. The Balaban J connectivity index is 1.54. The molecular formula is C36H52N4O6. The molecule has 4 aliphatic heterocycles. The summed E-state index contributed by atoms with van der Waals surface area (Å²) >= 11 is 0. The summed E-state index contributed by atoms with van der Waals surface area (Å²) in [5.74, 6) is -2.35. The van der Waals surface area contributed by atoms with E-state index in [1.54, 1.807) is 26.9 Å². The zero-order valence-corrected chi connectivity index (χ0v) is 27.8. The number of amides is 3. The van der Waals surface area contributed by atoms with Crippen LogP contribution in [0.2, 0.25) is 0 Å². The molecule has 4 saturated heterocycles. The van der Waals surface area contributed by atoms with Crippen molar-refractivity contribution >= 4 is 17.7 Å². The third-order valence-corrected chi connectivity index (χ3v) is 10.8. The number of hydrogen-bond donors (Lipinski definition) is 1. The minimum atomic E-state index is -1.17. The van der Waals surface area contributed by atoms with Gasteiger partial charge in [0.25, 0.3) is 0 Å². The Hall–Kier alpha value is -3.05. The van der Waals surface area contributed by atoms with E-state index in [9.17, 15) is 19.5 Å². The van der Waals surface area contributed by atoms with Crippen molar-refractivity contribution in [2.45, 2.75) is 69.9 Å². The van der Waals surface area contributed by atoms with Crippen LogP contribution >= 0.6 is 0 Å². The highest BCUT2D eigenvalue weighted by molar-refractivity contribution is 5.99. The molecule has 4 aliphatic rings. The first-order valence-corrected chi connectivity index (χ1v) is 16.9. The van der Waals surface area contributed by atoms with Crippen LogP contribution in [-0.2, 0) is 30.4 Å². The van der Waals surface area contributed by atoms with Crippen molar-refractivity contribution in [3.05, 3.63) is 61.2 Å². The summed E-state index contributed by atoms with van der Waals surface area (Å²) in [5.41, 5.74) is -1.05. The molecule has 46 heavy (non-hydrogen) atoms. The van der Waals surface area contributed by atoms with Crippen LogP contribution in [0, 0.1) is 17.8 Å². The monoisotopic (exact) mass is 636 g/mol. The van der Waals surface area contributed by atoms with Gasteiger partial charge >= 0.3 is 0 Å². The van der Waals surface area contributed by atoms with Crippen LogP contribution in [0.25, 0.3) is 0 Å². The van der Waals surface area contributed by atoms with Crippen molar-refractivity contribution in [1.82, 2.24) is 19.6 Å². The average molecular weight is 637 g/mol. The summed E-state index contributed by atoms with van der Waals surface area (Å²) in [5, 5.41) is 10.6. The number of carbonyl (C=O) groups is 3. The van der Waals surface area contributed by atoms with E-state index in [0.29, 0.717) is 65.2 Å². The second-order valence-corrected chi connectivity index (χ2v) is 13.6. The molecule has 0 aliphatic carbocycles. The van der Waals surface area contributed by atoms with Gasteiger partial charge in [0, 0.05) is 45.8 Å². The van der Waals surface area contributed by atoms with E-state index in [1.807, 2.05) is 51.1 Å². The van der Waals surface area contributed by atoms with Crippen molar-refractivity contribution in [2.75, 3.05) is 59.1 Å². The molecule has 3 amide bonds. The van der Waals surface area contributed by atoms with Gasteiger partial charge in [-0.2, -0.15) is 0 Å². The fourth-order valence-electron chi connectivity index (χ4n) is 8.38. The van der Waals surface area contributed by atoms with Crippen LogP contribution in [0.4, 0.5) is 0 Å². The molecule has 2 unspecified atom stereocenters. The number of hydrogen-bond acceptors (Lipinski definition) is 7. The van der Waals surface area contributed by atoms with Gasteiger partial charge in [-0.1, -0.05) is 63.3 Å². The molecule has 252 valence electrons. The molecule has 0 radical (unpaired) electrons. The number of morpholine rings is 1. The molecule has 1 spiro atoms. The predicted molar refractivity (Wildman–Crippen MR) is 175 cm³/mol. The van der Waals surface area contributed by atoms with E-state index in [2.05, 4.69) is 18.1 Å². The van der Waals surface area contributed by atoms with Crippen LogP contribution < -0.4 is 0 Å². The maximum absolute atomic E-state index is 14.8. The lowest BCUT2D eigenvalue weighted by atomic mass is 9.64. The second kappa shape index (κ2) is 14.4. The Morgan fingerprint density at radius 3 is 2.35 bits per heavy atom. The number of ether oxygens (including phenoxy) is 2. The molecule has 2 bridgehead atoms. The smallest absolute Gasteiger partial charge is 0.248 e. The van der Waals surface area contributed by atoms with Gasteiger partial charge in [-0.15, -0.1) is 13.2 Å². The molecule has 4 heterocycles. The molecule has 1 aromatic rings. The fraction of sp³-hybridized carbons (Fsp3) is 0.639. The summed E-state index contributed by atoms with van der Waals surface area (Å²) in [6.07, 6.45) is 5.04. The standard InChI is InChI=1S/C36H52N4O6/c1-6-16-38(19-18-37-20-22-45-23-21-37)34(44)31-36-15-14-35(8-3,46-36)29(30(36)33(43)40(31)28(25-41)26(4)5)32(42)39(17-7-2)24-27-12-10-9-11-13-27/h6-7,9-13,26,28-31,41H,1-2,8,14-25H2,3-5H3/t28-,29+,30-,31?,35-,36?/m0/s1. The fourth-order valence-corrected chi connectivity index (χ4v) is 8.38. The van der Waals surface area contributed by atoms with E-state index < -0.39 is 35.1 Å². The Morgan fingerprint density at radius 2 is 1.74 bits per heavy atom. The maximum atomic E-state index is 14.8. The Morgan fingerprint density at radius 1 is 1.07 bits per heavy atom. The molecule has 10 heteroatoms. The Labute approximate surface area is 274 Å². The third kappa shape index (κ3) is 6.05. The summed E-state index contributed by atoms with van der Waals surface area (Å²) in [4.78, 5) is 51.8. The van der Waals surface area contributed by atoms with Gasteiger partial charge in [0.2, 0.25) is 17.7 Å². The first kappa shape index (κ1) is 34.3. The van der Waals surface area contributed by atoms with Crippen molar-refractivity contribution in [3.63, 3.8) is 0 Å². The van der Waals surface area contributed by atoms with E-state index >= 15 is 0 Å². The van der Waals surface area contributed by atoms with E-state index in [1.165, 1.54) is 0 Å². The first-order chi connectivity index (χ1) is 22.2. The third-order valence-electron chi connectivity index (χ3n) is 10.8. The van der Waals surface area contributed by atoms with Gasteiger partial charge in [-0.25, -0.2) is 0 Å². The van der Waals surface area contributed by atoms with E-state index in [-0.39, 0.29) is 30.2 Å². The molecule has 1 N–H and O–H groups in total. The number of aliphatic hydroxyl groups excluding tert-OH is 1. The molecule has 10 nitrogen and oxygen atoms in total. The summed E-state index contributed by atoms with van der Waals surface area (Å²) in [6, 6.07) is 8.23. The molecule has 5 rings (SSSR count).